The molecule has 6 nitrogen and oxygen atoms in total. The molecule has 2 heterocycles. The van der Waals surface area contributed by atoms with Gasteiger partial charge in [-0.05, 0) is 35.1 Å². The molecule has 0 saturated carbocycles. The zero-order valence-electron chi connectivity index (χ0n) is 10.9. The van der Waals surface area contributed by atoms with Crippen LogP contribution in [0.25, 0.3) is 11.5 Å². The van der Waals surface area contributed by atoms with E-state index in [0.29, 0.717) is 17.4 Å². The molecule has 0 radical (unpaired) electrons. The molecule has 0 aromatic carbocycles. The van der Waals surface area contributed by atoms with E-state index in [-0.39, 0.29) is 0 Å². The van der Waals surface area contributed by atoms with Crippen LogP contribution in [0, 0.1) is 3.57 Å². The van der Waals surface area contributed by atoms with Gasteiger partial charge in [-0.1, -0.05) is 6.92 Å². The summed E-state index contributed by atoms with van der Waals surface area (Å²) >= 11 is 2.24. The van der Waals surface area contributed by atoms with E-state index in [2.05, 4.69) is 55.0 Å². The first-order chi connectivity index (χ1) is 9.19. The van der Waals surface area contributed by atoms with Crippen molar-refractivity contribution < 1.29 is 4.74 Å². The van der Waals surface area contributed by atoms with Gasteiger partial charge in [-0.15, -0.1) is 10.2 Å². The second-order valence-corrected chi connectivity index (χ2v) is 4.80. The van der Waals surface area contributed by atoms with E-state index in [9.17, 15) is 0 Å². The summed E-state index contributed by atoms with van der Waals surface area (Å²) in [5, 5.41) is 11.1. The van der Waals surface area contributed by atoms with Gasteiger partial charge < -0.3 is 10.1 Å². The van der Waals surface area contributed by atoms with Gasteiger partial charge in [0.05, 0.1) is 16.4 Å². The van der Waals surface area contributed by atoms with Gasteiger partial charge >= 0.3 is 0 Å². The summed E-state index contributed by atoms with van der Waals surface area (Å²) in [6.07, 6.45) is 0.839. The van der Waals surface area contributed by atoms with E-state index >= 15 is 0 Å². The van der Waals surface area contributed by atoms with Gasteiger partial charge in [0, 0.05) is 13.1 Å². The summed E-state index contributed by atoms with van der Waals surface area (Å²) in [5.41, 5.74) is 1.62. The van der Waals surface area contributed by atoms with Crippen LogP contribution in [-0.4, -0.2) is 34.3 Å². The molecule has 2 aromatic heterocycles. The van der Waals surface area contributed by atoms with Gasteiger partial charge in [-0.2, -0.15) is 0 Å². The van der Waals surface area contributed by atoms with E-state index in [4.69, 9.17) is 4.74 Å². The number of methoxy groups -OCH3 is 1. The molecule has 0 amide bonds. The molecular formula is C12H14IN5O. The first kappa shape index (κ1) is 13.9. The Balaban J connectivity index is 2.48. The number of hydrogen-bond acceptors (Lipinski definition) is 6. The van der Waals surface area contributed by atoms with Gasteiger partial charge in [0.15, 0.2) is 5.82 Å². The highest BCUT2D eigenvalue weighted by atomic mass is 127. The number of rotatable bonds is 4. The number of nitrogens with zero attached hydrogens (tertiary/aromatic N) is 4. The van der Waals surface area contributed by atoms with Gasteiger partial charge in [0.1, 0.15) is 11.5 Å². The maximum Gasteiger partial charge on any atom is 0.233 e. The fourth-order valence-electron chi connectivity index (χ4n) is 1.56. The lowest BCUT2D eigenvalue weighted by molar-refractivity contribution is 0.392. The number of aryl methyl sites for hydroxylation is 1. The van der Waals surface area contributed by atoms with Crippen LogP contribution in [0.4, 0.5) is 5.82 Å². The smallest absolute Gasteiger partial charge is 0.233 e. The molecule has 7 heteroatoms. The van der Waals surface area contributed by atoms with Crippen molar-refractivity contribution in [2.45, 2.75) is 13.3 Å². The minimum atomic E-state index is 0.471. The summed E-state index contributed by atoms with van der Waals surface area (Å²) in [4.78, 5) is 8.98. The van der Waals surface area contributed by atoms with Crippen molar-refractivity contribution in [2.75, 3.05) is 19.5 Å². The number of anilines is 1. The second kappa shape index (κ2) is 6.09. The zero-order valence-corrected chi connectivity index (χ0v) is 13.1. The number of hydrogen-bond donors (Lipinski definition) is 1. The fraction of sp³-hybridized carbons (Fsp3) is 0.333. The topological polar surface area (TPSA) is 72.8 Å². The first-order valence-electron chi connectivity index (χ1n) is 5.81. The maximum atomic E-state index is 4.99. The van der Waals surface area contributed by atoms with E-state index in [1.807, 2.05) is 7.05 Å². The molecule has 0 saturated heterocycles. The van der Waals surface area contributed by atoms with Crippen LogP contribution in [-0.2, 0) is 6.42 Å². The molecule has 0 unspecified atom stereocenters. The number of aromatic nitrogens is 4. The lowest BCUT2D eigenvalue weighted by Gasteiger charge is -2.09. The monoisotopic (exact) mass is 371 g/mol. The quantitative estimate of drug-likeness (QED) is 0.831. The minimum Gasteiger partial charge on any atom is -0.480 e. The van der Waals surface area contributed by atoms with Gasteiger partial charge in [-0.3, -0.25) is 0 Å². The molecule has 0 aliphatic rings. The molecule has 2 aromatic rings. The highest BCUT2D eigenvalue weighted by Crippen LogP contribution is 2.23. The number of ether oxygens (including phenoxy) is 1. The van der Waals surface area contributed by atoms with Crippen LogP contribution in [0.3, 0.4) is 0 Å². The van der Waals surface area contributed by atoms with Crippen LogP contribution in [0.1, 0.15) is 12.6 Å². The third kappa shape index (κ3) is 2.91. The third-order valence-electron chi connectivity index (χ3n) is 2.57. The molecule has 19 heavy (non-hydrogen) atoms. The Morgan fingerprint density at radius 1 is 1.26 bits per heavy atom. The Labute approximate surface area is 125 Å². The average molecular weight is 371 g/mol. The van der Waals surface area contributed by atoms with Crippen LogP contribution in [0.15, 0.2) is 12.1 Å². The second-order valence-electron chi connectivity index (χ2n) is 3.72. The van der Waals surface area contributed by atoms with Crippen molar-refractivity contribution in [1.82, 2.24) is 20.2 Å². The molecule has 0 spiro atoms. The predicted octanol–water partition coefficient (Wildman–Crippen LogP) is 2.15. The van der Waals surface area contributed by atoms with E-state index < -0.39 is 0 Å². The van der Waals surface area contributed by atoms with Crippen LogP contribution >= 0.6 is 22.6 Å². The van der Waals surface area contributed by atoms with Crippen LogP contribution < -0.4 is 10.1 Å². The Morgan fingerprint density at radius 2 is 2.05 bits per heavy atom. The van der Waals surface area contributed by atoms with Crippen molar-refractivity contribution in [3.8, 4) is 17.4 Å². The zero-order chi connectivity index (χ0) is 13.8. The highest BCUT2D eigenvalue weighted by Gasteiger charge is 2.12. The average Bonchev–Trinajstić information content (AvgIpc) is 2.47. The third-order valence-corrected chi connectivity index (χ3v) is 3.70. The molecule has 100 valence electrons. The Kier molecular flexibility index (Phi) is 4.46. The highest BCUT2D eigenvalue weighted by molar-refractivity contribution is 14.1. The van der Waals surface area contributed by atoms with Crippen LogP contribution in [0.2, 0.25) is 0 Å². The molecular weight excluding hydrogens is 357 g/mol. The van der Waals surface area contributed by atoms with Crippen molar-refractivity contribution in [1.29, 1.82) is 0 Å². The Hall–Kier alpha value is -1.51. The molecule has 0 fully saturated rings. The SMILES string of the molecule is CCc1nc(-c2ccc(OC)nn2)nc(NC)c1I. The Bertz CT molecular complexity index is 548. The lowest BCUT2D eigenvalue weighted by Crippen LogP contribution is -2.05. The van der Waals surface area contributed by atoms with Crippen molar-refractivity contribution in [3.63, 3.8) is 0 Å². The van der Waals surface area contributed by atoms with Crippen LogP contribution in [0.5, 0.6) is 5.88 Å². The largest absolute Gasteiger partial charge is 0.480 e. The summed E-state index contributed by atoms with van der Waals surface area (Å²) in [5.74, 6) is 1.84. The van der Waals surface area contributed by atoms with Gasteiger partial charge in [0.25, 0.3) is 0 Å². The van der Waals surface area contributed by atoms with E-state index in [0.717, 1.165) is 21.5 Å². The van der Waals surface area contributed by atoms with Crippen molar-refractivity contribution in [2.24, 2.45) is 0 Å². The molecule has 1 N–H and O–H groups in total. The van der Waals surface area contributed by atoms with E-state index in [1.54, 1.807) is 19.2 Å². The molecule has 0 atom stereocenters. The lowest BCUT2D eigenvalue weighted by atomic mass is 10.3. The normalized spacial score (nSPS) is 10.3. The Morgan fingerprint density at radius 3 is 2.58 bits per heavy atom. The standard InChI is InChI=1S/C12H14IN5O/c1-4-7-10(13)12(14-2)16-11(15-7)8-5-6-9(19-3)18-17-8/h5-6H,4H2,1-3H3,(H,14,15,16). The van der Waals surface area contributed by atoms with Crippen molar-refractivity contribution in [3.05, 3.63) is 21.4 Å². The number of halogens is 1. The molecule has 0 aliphatic heterocycles. The maximum absolute atomic E-state index is 4.99. The molecule has 2 rings (SSSR count). The fourth-order valence-corrected chi connectivity index (χ4v) is 2.45. The summed E-state index contributed by atoms with van der Waals surface area (Å²) in [6, 6.07) is 3.54. The minimum absolute atomic E-state index is 0.471. The summed E-state index contributed by atoms with van der Waals surface area (Å²) in [6.45, 7) is 2.06. The number of nitrogens with one attached hydrogen (secondary N) is 1. The first-order valence-corrected chi connectivity index (χ1v) is 6.89. The molecule has 0 bridgehead atoms. The summed E-state index contributed by atoms with van der Waals surface area (Å²) < 4.78 is 6.02. The predicted molar refractivity (Wildman–Crippen MR) is 81.3 cm³/mol. The van der Waals surface area contributed by atoms with Gasteiger partial charge in [0.2, 0.25) is 5.88 Å². The van der Waals surface area contributed by atoms with Crippen molar-refractivity contribution >= 4 is 28.4 Å². The van der Waals surface area contributed by atoms with E-state index in [1.165, 1.54) is 0 Å². The van der Waals surface area contributed by atoms with Gasteiger partial charge in [-0.25, -0.2) is 9.97 Å². The summed E-state index contributed by atoms with van der Waals surface area (Å²) in [7, 11) is 3.40. The molecule has 0 aliphatic carbocycles.